The molecule has 74 valence electrons. The number of amides is 1. The van der Waals surface area contributed by atoms with E-state index >= 15 is 0 Å². The number of rotatable bonds is 5. The highest BCUT2D eigenvalue weighted by atomic mass is 16.3. The van der Waals surface area contributed by atoms with Crippen LogP contribution in [0.15, 0.2) is 23.9 Å². The molecule has 0 heterocycles. The molecule has 0 atom stereocenters. The highest BCUT2D eigenvalue weighted by molar-refractivity contribution is 5.50. The van der Waals surface area contributed by atoms with E-state index in [1.54, 1.807) is 13.0 Å². The Balaban J connectivity index is 4.45. The maximum Gasteiger partial charge on any atom is 0.211 e. The lowest BCUT2D eigenvalue weighted by Gasteiger charge is -2.22. The Morgan fingerprint density at radius 3 is 2.54 bits per heavy atom. The number of allylic oxidation sites excluding steroid dienone is 2. The van der Waals surface area contributed by atoms with Crippen LogP contribution in [0, 0.1) is 5.41 Å². The zero-order valence-electron chi connectivity index (χ0n) is 8.42. The summed E-state index contributed by atoms with van der Waals surface area (Å²) in [5, 5.41) is 11.5. The highest BCUT2D eigenvalue weighted by Gasteiger charge is 2.18. The molecule has 3 heteroatoms. The first kappa shape index (κ1) is 11.9. The van der Waals surface area contributed by atoms with E-state index < -0.39 is 0 Å². The second-order valence-corrected chi connectivity index (χ2v) is 3.66. The molecule has 2 N–H and O–H groups in total. The third-order valence-electron chi connectivity index (χ3n) is 1.94. The van der Waals surface area contributed by atoms with Gasteiger partial charge >= 0.3 is 0 Å². The molecule has 0 aromatic carbocycles. The van der Waals surface area contributed by atoms with E-state index in [0.717, 1.165) is 11.3 Å². The molecule has 0 aromatic rings. The Morgan fingerprint density at radius 2 is 2.15 bits per heavy atom. The van der Waals surface area contributed by atoms with Crippen molar-refractivity contribution in [2.24, 2.45) is 5.41 Å². The topological polar surface area (TPSA) is 49.3 Å². The second kappa shape index (κ2) is 4.82. The van der Waals surface area contributed by atoms with Gasteiger partial charge in [0, 0.05) is 11.1 Å². The van der Waals surface area contributed by atoms with E-state index in [4.69, 9.17) is 5.11 Å². The van der Waals surface area contributed by atoms with E-state index in [1.807, 2.05) is 13.8 Å². The molecule has 0 aliphatic heterocycles. The molecule has 0 fully saturated rings. The van der Waals surface area contributed by atoms with Gasteiger partial charge in [0.25, 0.3) is 0 Å². The predicted molar refractivity (Wildman–Crippen MR) is 53.0 cm³/mol. The summed E-state index contributed by atoms with van der Waals surface area (Å²) >= 11 is 0. The SMILES string of the molecule is C=C(/C=C(\C)NC=O)C(C)(C)CO. The first-order chi connectivity index (χ1) is 5.94. The monoisotopic (exact) mass is 183 g/mol. The van der Waals surface area contributed by atoms with Crippen LogP contribution in [0.2, 0.25) is 0 Å². The predicted octanol–water partition coefficient (Wildman–Crippen LogP) is 1.21. The second-order valence-electron chi connectivity index (χ2n) is 3.66. The highest BCUT2D eigenvalue weighted by Crippen LogP contribution is 2.25. The van der Waals surface area contributed by atoms with Crippen LogP contribution >= 0.6 is 0 Å². The third kappa shape index (κ3) is 3.90. The summed E-state index contributed by atoms with van der Waals surface area (Å²) < 4.78 is 0. The fourth-order valence-electron chi connectivity index (χ4n) is 0.693. The Morgan fingerprint density at radius 1 is 1.62 bits per heavy atom. The summed E-state index contributed by atoms with van der Waals surface area (Å²) in [6, 6.07) is 0. The molecule has 0 saturated heterocycles. The summed E-state index contributed by atoms with van der Waals surface area (Å²) in [5.74, 6) is 0. The number of hydrogen-bond donors (Lipinski definition) is 2. The van der Waals surface area contributed by atoms with Crippen LogP contribution in [0.5, 0.6) is 0 Å². The summed E-state index contributed by atoms with van der Waals surface area (Å²) in [4.78, 5) is 10.1. The zero-order chi connectivity index (χ0) is 10.5. The van der Waals surface area contributed by atoms with Crippen LogP contribution in [-0.4, -0.2) is 18.1 Å². The van der Waals surface area contributed by atoms with Crippen LogP contribution in [0.1, 0.15) is 20.8 Å². The van der Waals surface area contributed by atoms with E-state index in [9.17, 15) is 4.79 Å². The largest absolute Gasteiger partial charge is 0.395 e. The number of aliphatic hydroxyl groups excluding tert-OH is 1. The first-order valence-corrected chi connectivity index (χ1v) is 4.13. The van der Waals surface area contributed by atoms with Gasteiger partial charge in [-0.2, -0.15) is 0 Å². The minimum atomic E-state index is -0.341. The van der Waals surface area contributed by atoms with Crippen molar-refractivity contribution in [3.63, 3.8) is 0 Å². The first-order valence-electron chi connectivity index (χ1n) is 4.13. The molecule has 1 amide bonds. The Hall–Kier alpha value is -1.09. The molecule has 3 nitrogen and oxygen atoms in total. The number of nitrogens with one attached hydrogen (secondary N) is 1. The fourth-order valence-corrected chi connectivity index (χ4v) is 0.693. The molecule has 0 aromatic heterocycles. The van der Waals surface area contributed by atoms with Crippen LogP contribution < -0.4 is 5.32 Å². The number of carbonyl (C=O) groups is 1. The van der Waals surface area contributed by atoms with Gasteiger partial charge in [-0.25, -0.2) is 0 Å². The van der Waals surface area contributed by atoms with Crippen LogP contribution in [0.3, 0.4) is 0 Å². The molecular weight excluding hydrogens is 166 g/mol. The summed E-state index contributed by atoms with van der Waals surface area (Å²) in [5.41, 5.74) is 1.18. The smallest absolute Gasteiger partial charge is 0.211 e. The Kier molecular flexibility index (Phi) is 4.42. The molecule has 0 aliphatic rings. The lowest BCUT2D eigenvalue weighted by atomic mass is 9.85. The van der Waals surface area contributed by atoms with Gasteiger partial charge in [0.15, 0.2) is 0 Å². The van der Waals surface area contributed by atoms with E-state index in [2.05, 4.69) is 11.9 Å². The van der Waals surface area contributed by atoms with Gasteiger partial charge in [-0.3, -0.25) is 4.79 Å². The molecule has 0 radical (unpaired) electrons. The van der Waals surface area contributed by atoms with Crippen molar-refractivity contribution in [3.05, 3.63) is 23.9 Å². The van der Waals surface area contributed by atoms with Crippen LogP contribution in [0.4, 0.5) is 0 Å². The van der Waals surface area contributed by atoms with Gasteiger partial charge in [0.1, 0.15) is 0 Å². The van der Waals surface area contributed by atoms with Gasteiger partial charge in [-0.1, -0.05) is 20.4 Å². The van der Waals surface area contributed by atoms with Gasteiger partial charge < -0.3 is 10.4 Å². The summed E-state index contributed by atoms with van der Waals surface area (Å²) in [7, 11) is 0. The maximum atomic E-state index is 10.1. The molecular formula is C10H17NO2. The fraction of sp³-hybridized carbons (Fsp3) is 0.500. The standard InChI is InChI=1S/C10H17NO2/c1-8(10(3,4)6-12)5-9(2)11-7-13/h5,7,12H,1,6H2,2-4H3,(H,11,13)/b9-5+. The molecule has 0 unspecified atom stereocenters. The Bertz CT molecular complexity index is 229. The molecule has 0 aliphatic carbocycles. The minimum Gasteiger partial charge on any atom is -0.395 e. The molecule has 13 heavy (non-hydrogen) atoms. The quantitative estimate of drug-likeness (QED) is 0.497. The summed E-state index contributed by atoms with van der Waals surface area (Å²) in [6.45, 7) is 9.41. The van der Waals surface area contributed by atoms with E-state index in [0.29, 0.717) is 6.41 Å². The normalized spacial score (nSPS) is 12.5. The van der Waals surface area contributed by atoms with E-state index in [1.165, 1.54) is 0 Å². The molecule has 0 rings (SSSR count). The molecule has 0 saturated carbocycles. The van der Waals surface area contributed by atoms with Crippen molar-refractivity contribution in [1.29, 1.82) is 0 Å². The number of hydrogen-bond acceptors (Lipinski definition) is 2. The lowest BCUT2D eigenvalue weighted by Crippen LogP contribution is -2.19. The lowest BCUT2D eigenvalue weighted by molar-refractivity contribution is -0.108. The minimum absolute atomic E-state index is 0.0384. The van der Waals surface area contributed by atoms with Gasteiger partial charge in [-0.15, -0.1) is 0 Å². The molecule has 0 spiro atoms. The van der Waals surface area contributed by atoms with Crippen LogP contribution in [0.25, 0.3) is 0 Å². The van der Waals surface area contributed by atoms with Crippen molar-refractivity contribution in [3.8, 4) is 0 Å². The van der Waals surface area contributed by atoms with E-state index in [-0.39, 0.29) is 12.0 Å². The number of aliphatic hydroxyl groups is 1. The van der Waals surface area contributed by atoms with Gasteiger partial charge in [0.05, 0.1) is 6.61 Å². The van der Waals surface area contributed by atoms with Crippen molar-refractivity contribution in [2.75, 3.05) is 6.61 Å². The summed E-state index contributed by atoms with van der Waals surface area (Å²) in [6.07, 6.45) is 2.37. The average Bonchev–Trinajstić information content (AvgIpc) is 2.04. The average molecular weight is 183 g/mol. The van der Waals surface area contributed by atoms with Crippen molar-refractivity contribution >= 4 is 6.41 Å². The third-order valence-corrected chi connectivity index (χ3v) is 1.94. The number of carbonyl (C=O) groups excluding carboxylic acids is 1. The van der Waals surface area contributed by atoms with Crippen molar-refractivity contribution in [2.45, 2.75) is 20.8 Å². The maximum absolute atomic E-state index is 10.1. The van der Waals surface area contributed by atoms with Crippen LogP contribution in [-0.2, 0) is 4.79 Å². The van der Waals surface area contributed by atoms with Crippen molar-refractivity contribution in [1.82, 2.24) is 5.32 Å². The van der Waals surface area contributed by atoms with Gasteiger partial charge in [0.2, 0.25) is 6.41 Å². The Labute approximate surface area is 79.2 Å². The van der Waals surface area contributed by atoms with Gasteiger partial charge in [-0.05, 0) is 18.6 Å². The van der Waals surface area contributed by atoms with Crippen molar-refractivity contribution < 1.29 is 9.90 Å². The zero-order valence-corrected chi connectivity index (χ0v) is 8.42. The molecule has 0 bridgehead atoms.